The normalized spacial score (nSPS) is 35.8. The predicted octanol–water partition coefficient (Wildman–Crippen LogP) is 1.18. The van der Waals surface area contributed by atoms with Gasteiger partial charge in [0.05, 0.1) is 18.8 Å². The molecule has 1 N–H and O–H groups in total. The van der Waals surface area contributed by atoms with E-state index in [0.29, 0.717) is 18.1 Å². The van der Waals surface area contributed by atoms with Crippen LogP contribution >= 0.6 is 0 Å². The maximum atomic E-state index is 5.73. The Morgan fingerprint density at radius 2 is 2.29 bits per heavy atom. The molecule has 0 aromatic rings. The summed E-state index contributed by atoms with van der Waals surface area (Å²) in [7, 11) is 0. The molecule has 2 heterocycles. The zero-order valence-corrected chi connectivity index (χ0v) is 9.00. The monoisotopic (exact) mass is 199 g/mol. The van der Waals surface area contributed by atoms with Crippen LogP contribution in [0, 0.1) is 5.92 Å². The summed E-state index contributed by atoms with van der Waals surface area (Å²) in [5.74, 6) is 0.617. The molecule has 2 saturated heterocycles. The van der Waals surface area contributed by atoms with Gasteiger partial charge in [-0.15, -0.1) is 0 Å². The smallest absolute Gasteiger partial charge is 0.0726 e. The molecule has 0 aromatic carbocycles. The number of morpholine rings is 1. The largest absolute Gasteiger partial charge is 0.378 e. The summed E-state index contributed by atoms with van der Waals surface area (Å²) in [6.45, 7) is 6.11. The molecule has 0 amide bonds. The van der Waals surface area contributed by atoms with Crippen molar-refractivity contribution in [2.45, 2.75) is 38.4 Å². The van der Waals surface area contributed by atoms with Crippen molar-refractivity contribution in [1.82, 2.24) is 5.32 Å². The fraction of sp³-hybridized carbons (Fsp3) is 1.00. The van der Waals surface area contributed by atoms with Gasteiger partial charge in [0.2, 0.25) is 0 Å². The minimum Gasteiger partial charge on any atom is -0.378 e. The van der Waals surface area contributed by atoms with Crippen LogP contribution in [0.2, 0.25) is 0 Å². The molecule has 3 atom stereocenters. The summed E-state index contributed by atoms with van der Waals surface area (Å²) in [5, 5.41) is 3.37. The fourth-order valence-corrected chi connectivity index (χ4v) is 2.35. The summed E-state index contributed by atoms with van der Waals surface area (Å²) in [5.41, 5.74) is 0. The second-order valence-corrected chi connectivity index (χ2v) is 4.46. The first-order valence-electron chi connectivity index (χ1n) is 5.80. The first-order valence-corrected chi connectivity index (χ1v) is 5.80. The molecule has 82 valence electrons. The standard InChI is InChI=1S/C11H21NO2/c1-9(7-10-3-2-5-13-10)11-8-12-4-6-14-11/h9-12H,2-8H2,1H3. The van der Waals surface area contributed by atoms with Gasteiger partial charge in [-0.2, -0.15) is 0 Å². The molecule has 3 heteroatoms. The summed E-state index contributed by atoms with van der Waals surface area (Å²) in [4.78, 5) is 0. The topological polar surface area (TPSA) is 30.5 Å². The Morgan fingerprint density at radius 3 is 2.93 bits per heavy atom. The van der Waals surface area contributed by atoms with E-state index in [1.54, 1.807) is 0 Å². The van der Waals surface area contributed by atoms with Crippen molar-refractivity contribution in [2.24, 2.45) is 5.92 Å². The second kappa shape index (κ2) is 5.10. The molecule has 3 unspecified atom stereocenters. The molecule has 0 spiro atoms. The molecule has 14 heavy (non-hydrogen) atoms. The third-order valence-corrected chi connectivity index (χ3v) is 3.25. The Labute approximate surface area is 86.2 Å². The van der Waals surface area contributed by atoms with E-state index in [2.05, 4.69) is 12.2 Å². The number of hydrogen-bond acceptors (Lipinski definition) is 3. The summed E-state index contributed by atoms with van der Waals surface area (Å²) in [6.07, 6.45) is 4.53. The average Bonchev–Trinajstić information content (AvgIpc) is 2.72. The molecule has 3 nitrogen and oxygen atoms in total. The number of ether oxygens (including phenoxy) is 2. The highest BCUT2D eigenvalue weighted by molar-refractivity contribution is 4.77. The first-order chi connectivity index (χ1) is 6.86. The van der Waals surface area contributed by atoms with Gasteiger partial charge in [0.25, 0.3) is 0 Å². The van der Waals surface area contributed by atoms with Crippen molar-refractivity contribution in [3.05, 3.63) is 0 Å². The molecule has 2 rings (SSSR count). The van der Waals surface area contributed by atoms with Crippen LogP contribution in [0.15, 0.2) is 0 Å². The van der Waals surface area contributed by atoms with Crippen LogP contribution in [0.25, 0.3) is 0 Å². The third-order valence-electron chi connectivity index (χ3n) is 3.25. The minimum absolute atomic E-state index is 0.396. The van der Waals surface area contributed by atoms with Crippen molar-refractivity contribution in [3.63, 3.8) is 0 Å². The minimum atomic E-state index is 0.396. The van der Waals surface area contributed by atoms with Crippen LogP contribution in [0.1, 0.15) is 26.2 Å². The lowest BCUT2D eigenvalue weighted by molar-refractivity contribution is -0.0209. The molecule has 2 aliphatic rings. The van der Waals surface area contributed by atoms with E-state index in [1.807, 2.05) is 0 Å². The molecule has 0 aromatic heterocycles. The van der Waals surface area contributed by atoms with Gasteiger partial charge in [-0.05, 0) is 25.2 Å². The summed E-state index contributed by atoms with van der Waals surface area (Å²) < 4.78 is 11.4. The lowest BCUT2D eigenvalue weighted by Gasteiger charge is -2.30. The van der Waals surface area contributed by atoms with E-state index in [-0.39, 0.29) is 0 Å². The number of nitrogens with one attached hydrogen (secondary N) is 1. The molecular formula is C11H21NO2. The second-order valence-electron chi connectivity index (χ2n) is 4.46. The summed E-state index contributed by atoms with van der Waals surface area (Å²) >= 11 is 0. The predicted molar refractivity (Wildman–Crippen MR) is 55.4 cm³/mol. The Morgan fingerprint density at radius 1 is 1.36 bits per heavy atom. The van der Waals surface area contributed by atoms with E-state index in [4.69, 9.17) is 9.47 Å². The highest BCUT2D eigenvalue weighted by Gasteiger charge is 2.25. The van der Waals surface area contributed by atoms with Crippen molar-refractivity contribution in [2.75, 3.05) is 26.3 Å². The molecular weight excluding hydrogens is 178 g/mol. The van der Waals surface area contributed by atoms with E-state index in [9.17, 15) is 0 Å². The van der Waals surface area contributed by atoms with Crippen molar-refractivity contribution < 1.29 is 9.47 Å². The maximum Gasteiger partial charge on any atom is 0.0726 e. The van der Waals surface area contributed by atoms with Gasteiger partial charge in [-0.3, -0.25) is 0 Å². The number of rotatable bonds is 3. The average molecular weight is 199 g/mol. The van der Waals surface area contributed by atoms with Gasteiger partial charge in [-0.1, -0.05) is 6.92 Å². The maximum absolute atomic E-state index is 5.73. The first kappa shape index (κ1) is 10.4. The third kappa shape index (κ3) is 2.69. The van der Waals surface area contributed by atoms with E-state index < -0.39 is 0 Å². The van der Waals surface area contributed by atoms with Crippen LogP contribution in [0.3, 0.4) is 0 Å². The molecule has 0 aliphatic carbocycles. The van der Waals surface area contributed by atoms with E-state index >= 15 is 0 Å². The van der Waals surface area contributed by atoms with Gasteiger partial charge in [-0.25, -0.2) is 0 Å². The van der Waals surface area contributed by atoms with Crippen LogP contribution in [-0.4, -0.2) is 38.5 Å². The molecule has 2 fully saturated rings. The molecule has 0 radical (unpaired) electrons. The van der Waals surface area contributed by atoms with Crippen molar-refractivity contribution in [3.8, 4) is 0 Å². The van der Waals surface area contributed by atoms with Gasteiger partial charge < -0.3 is 14.8 Å². The van der Waals surface area contributed by atoms with E-state index in [1.165, 1.54) is 12.8 Å². The zero-order valence-electron chi connectivity index (χ0n) is 9.00. The fourth-order valence-electron chi connectivity index (χ4n) is 2.35. The van der Waals surface area contributed by atoms with Crippen LogP contribution in [0.5, 0.6) is 0 Å². The highest BCUT2D eigenvalue weighted by Crippen LogP contribution is 2.23. The highest BCUT2D eigenvalue weighted by atomic mass is 16.5. The zero-order chi connectivity index (χ0) is 9.80. The molecule has 0 saturated carbocycles. The SMILES string of the molecule is CC(CC1CCCO1)C1CNCCO1. The van der Waals surface area contributed by atoms with Crippen LogP contribution in [0.4, 0.5) is 0 Å². The summed E-state index contributed by atoms with van der Waals surface area (Å²) in [6, 6.07) is 0. The Bertz CT molecular complexity index is 163. The van der Waals surface area contributed by atoms with Gasteiger partial charge in [0.1, 0.15) is 0 Å². The van der Waals surface area contributed by atoms with Gasteiger partial charge >= 0.3 is 0 Å². The Balaban J connectivity index is 1.72. The molecule has 2 aliphatic heterocycles. The van der Waals surface area contributed by atoms with Crippen LogP contribution < -0.4 is 5.32 Å². The van der Waals surface area contributed by atoms with Crippen LogP contribution in [-0.2, 0) is 9.47 Å². The van der Waals surface area contributed by atoms with Crippen molar-refractivity contribution >= 4 is 0 Å². The van der Waals surface area contributed by atoms with Gasteiger partial charge in [0.15, 0.2) is 0 Å². The number of hydrogen-bond donors (Lipinski definition) is 1. The lowest BCUT2D eigenvalue weighted by Crippen LogP contribution is -2.42. The lowest BCUT2D eigenvalue weighted by atomic mass is 9.95. The Hall–Kier alpha value is -0.120. The quantitative estimate of drug-likeness (QED) is 0.740. The van der Waals surface area contributed by atoms with E-state index in [0.717, 1.165) is 32.7 Å². The van der Waals surface area contributed by atoms with Crippen molar-refractivity contribution in [1.29, 1.82) is 0 Å². The van der Waals surface area contributed by atoms with Gasteiger partial charge in [0, 0.05) is 19.7 Å². The Kier molecular flexibility index (Phi) is 3.79. The molecule has 0 bridgehead atoms.